The molecule has 0 bridgehead atoms. The topological polar surface area (TPSA) is 80.6 Å². The van der Waals surface area contributed by atoms with Crippen LogP contribution in [-0.2, 0) is 0 Å². The van der Waals surface area contributed by atoms with Crippen LogP contribution in [0.1, 0.15) is 17.0 Å². The molecule has 3 N–H and O–H groups in total. The molecule has 0 saturated heterocycles. The lowest BCUT2D eigenvalue weighted by atomic mass is 10.2. The van der Waals surface area contributed by atoms with Crippen LogP contribution in [-0.4, -0.2) is 20.4 Å². The van der Waals surface area contributed by atoms with Gasteiger partial charge in [0.25, 0.3) is 0 Å². The lowest BCUT2D eigenvalue weighted by molar-refractivity contribution is 0.949. The first-order chi connectivity index (χ1) is 8.02. The number of halogens is 1. The van der Waals surface area contributed by atoms with Gasteiger partial charge in [0.1, 0.15) is 12.2 Å². The molecule has 0 radical (unpaired) electrons. The van der Waals surface area contributed by atoms with E-state index in [2.05, 4.69) is 9.97 Å². The summed E-state index contributed by atoms with van der Waals surface area (Å²) in [5.74, 6) is 0.464. The van der Waals surface area contributed by atoms with E-state index in [1.165, 1.54) is 0 Å². The Morgan fingerprint density at radius 3 is 2.65 bits per heavy atom. The van der Waals surface area contributed by atoms with Crippen LogP contribution in [0.25, 0.3) is 5.82 Å². The van der Waals surface area contributed by atoms with Crippen molar-refractivity contribution in [3.63, 3.8) is 0 Å². The molecule has 0 aromatic carbocycles. The molecule has 17 heavy (non-hydrogen) atoms. The van der Waals surface area contributed by atoms with Gasteiger partial charge < -0.3 is 5.73 Å². The molecule has 0 aliphatic carbocycles. The van der Waals surface area contributed by atoms with E-state index >= 15 is 0 Å². The average Bonchev–Trinajstić information content (AvgIpc) is 2.60. The first-order valence-electron chi connectivity index (χ1n) is 5.02. The number of aromatic nitrogens is 3. The van der Waals surface area contributed by atoms with Gasteiger partial charge in [-0.05, 0) is 19.9 Å². The highest BCUT2D eigenvalue weighted by molar-refractivity contribution is 6.35. The second-order valence-corrected chi connectivity index (χ2v) is 4.07. The molecule has 0 saturated carbocycles. The van der Waals surface area contributed by atoms with Gasteiger partial charge in [0.15, 0.2) is 5.82 Å². The number of amidine groups is 1. The molecular formula is C11H12ClN5. The summed E-state index contributed by atoms with van der Waals surface area (Å²) in [6.45, 7) is 3.84. The van der Waals surface area contributed by atoms with E-state index < -0.39 is 0 Å². The molecule has 0 spiro atoms. The third kappa shape index (κ3) is 1.89. The summed E-state index contributed by atoms with van der Waals surface area (Å²) in [5, 5.41) is 7.80. The van der Waals surface area contributed by atoms with Crippen LogP contribution >= 0.6 is 11.6 Å². The number of imidazole rings is 1. The third-order valence-electron chi connectivity index (χ3n) is 2.64. The quantitative estimate of drug-likeness (QED) is 0.629. The second-order valence-electron chi connectivity index (χ2n) is 3.70. The Labute approximate surface area is 104 Å². The van der Waals surface area contributed by atoms with Crippen LogP contribution in [0.3, 0.4) is 0 Å². The predicted octanol–water partition coefficient (Wildman–Crippen LogP) is 1.82. The molecule has 0 aliphatic rings. The first kappa shape index (κ1) is 11.6. The summed E-state index contributed by atoms with van der Waals surface area (Å²) >= 11 is 6.19. The Balaban J connectivity index is 2.65. The summed E-state index contributed by atoms with van der Waals surface area (Å²) in [7, 11) is 0. The summed E-state index contributed by atoms with van der Waals surface area (Å²) in [5.41, 5.74) is 7.80. The number of pyridine rings is 1. The van der Waals surface area contributed by atoms with Crippen molar-refractivity contribution < 1.29 is 0 Å². The van der Waals surface area contributed by atoms with Crippen molar-refractivity contribution in [1.29, 1.82) is 5.41 Å². The molecule has 0 unspecified atom stereocenters. The van der Waals surface area contributed by atoms with Crippen molar-refractivity contribution >= 4 is 17.4 Å². The van der Waals surface area contributed by atoms with E-state index in [1.807, 2.05) is 13.8 Å². The van der Waals surface area contributed by atoms with Gasteiger partial charge >= 0.3 is 0 Å². The van der Waals surface area contributed by atoms with Gasteiger partial charge in [-0.2, -0.15) is 0 Å². The highest BCUT2D eigenvalue weighted by Crippen LogP contribution is 2.23. The van der Waals surface area contributed by atoms with Crippen LogP contribution in [0.2, 0.25) is 5.02 Å². The smallest absolute Gasteiger partial charge is 0.157 e. The van der Waals surface area contributed by atoms with E-state index in [4.69, 9.17) is 22.7 Å². The second kappa shape index (κ2) is 4.18. The Bertz CT molecular complexity index is 588. The Kier molecular flexibility index (Phi) is 2.85. The average molecular weight is 250 g/mol. The van der Waals surface area contributed by atoms with E-state index in [0.717, 1.165) is 11.4 Å². The molecule has 0 fully saturated rings. The molecule has 0 aliphatic heterocycles. The molecule has 88 valence electrons. The van der Waals surface area contributed by atoms with Crippen LogP contribution in [0.5, 0.6) is 0 Å². The fraction of sp³-hybridized carbons (Fsp3) is 0.182. The lowest BCUT2D eigenvalue weighted by Crippen LogP contribution is -2.13. The fourth-order valence-electron chi connectivity index (χ4n) is 1.52. The van der Waals surface area contributed by atoms with Crippen molar-refractivity contribution in [2.75, 3.05) is 0 Å². The Hall–Kier alpha value is -1.88. The monoisotopic (exact) mass is 249 g/mol. The summed E-state index contributed by atoms with van der Waals surface area (Å²) in [6, 6.07) is 1.62. The zero-order valence-corrected chi connectivity index (χ0v) is 10.3. The minimum atomic E-state index is -0.0758. The Morgan fingerprint density at radius 2 is 2.12 bits per heavy atom. The number of hydrogen-bond donors (Lipinski definition) is 2. The normalized spacial score (nSPS) is 10.5. The van der Waals surface area contributed by atoms with Crippen molar-refractivity contribution in [2.45, 2.75) is 13.8 Å². The van der Waals surface area contributed by atoms with Crippen molar-refractivity contribution in [1.82, 2.24) is 14.5 Å². The molecule has 2 heterocycles. The van der Waals surface area contributed by atoms with Crippen molar-refractivity contribution in [3.05, 3.63) is 40.6 Å². The zero-order chi connectivity index (χ0) is 12.6. The van der Waals surface area contributed by atoms with Gasteiger partial charge in [-0.3, -0.25) is 9.98 Å². The molecule has 2 rings (SSSR count). The molecule has 0 amide bonds. The molecule has 0 atom stereocenters. The van der Waals surface area contributed by atoms with E-state index in [1.54, 1.807) is 23.2 Å². The number of hydrogen-bond acceptors (Lipinski definition) is 3. The molecular weight excluding hydrogens is 238 g/mol. The first-order valence-corrected chi connectivity index (χ1v) is 5.40. The SMILES string of the molecule is Cc1ncn(-c2nccc(C(=N)N)c2Cl)c1C. The van der Waals surface area contributed by atoms with E-state index in [-0.39, 0.29) is 5.84 Å². The van der Waals surface area contributed by atoms with Crippen LogP contribution in [0.4, 0.5) is 0 Å². The fourth-order valence-corrected chi connectivity index (χ4v) is 1.83. The highest BCUT2D eigenvalue weighted by Gasteiger charge is 2.13. The number of nitrogens with two attached hydrogens (primary N) is 1. The summed E-state index contributed by atoms with van der Waals surface area (Å²) in [4.78, 5) is 8.39. The summed E-state index contributed by atoms with van der Waals surface area (Å²) in [6.07, 6.45) is 3.23. The standard InChI is InChI=1S/C11H12ClN5/c1-6-7(2)17(5-16-6)11-9(12)8(10(13)14)3-4-15-11/h3-5H,1-2H3,(H3,13,14). The van der Waals surface area contributed by atoms with E-state index in [9.17, 15) is 0 Å². The number of rotatable bonds is 2. The van der Waals surface area contributed by atoms with Crippen molar-refractivity contribution in [3.8, 4) is 5.82 Å². The van der Waals surface area contributed by atoms with Gasteiger partial charge in [-0.1, -0.05) is 11.6 Å². The highest BCUT2D eigenvalue weighted by atomic mass is 35.5. The number of nitrogens with zero attached hydrogens (tertiary/aromatic N) is 3. The van der Waals surface area contributed by atoms with Gasteiger partial charge in [-0.25, -0.2) is 9.97 Å². The van der Waals surface area contributed by atoms with Gasteiger partial charge in [0, 0.05) is 17.5 Å². The van der Waals surface area contributed by atoms with Crippen LogP contribution in [0, 0.1) is 19.3 Å². The van der Waals surface area contributed by atoms with Crippen LogP contribution in [0.15, 0.2) is 18.6 Å². The third-order valence-corrected chi connectivity index (χ3v) is 3.01. The van der Waals surface area contributed by atoms with Gasteiger partial charge in [0.2, 0.25) is 0 Å². The van der Waals surface area contributed by atoms with E-state index in [0.29, 0.717) is 16.4 Å². The van der Waals surface area contributed by atoms with Crippen LogP contribution < -0.4 is 5.73 Å². The van der Waals surface area contributed by atoms with Gasteiger partial charge in [-0.15, -0.1) is 0 Å². The maximum absolute atomic E-state index is 7.43. The number of aryl methyl sites for hydroxylation is 1. The molecule has 2 aromatic rings. The number of nitrogens with one attached hydrogen (secondary N) is 1. The molecule has 2 aromatic heterocycles. The Morgan fingerprint density at radius 1 is 1.41 bits per heavy atom. The zero-order valence-electron chi connectivity index (χ0n) is 9.53. The maximum atomic E-state index is 7.43. The largest absolute Gasteiger partial charge is 0.384 e. The predicted molar refractivity (Wildman–Crippen MR) is 66.9 cm³/mol. The lowest BCUT2D eigenvalue weighted by Gasteiger charge is -2.09. The maximum Gasteiger partial charge on any atom is 0.157 e. The number of nitrogen functional groups attached to an aromatic ring is 1. The minimum absolute atomic E-state index is 0.0758. The molecule has 5 nitrogen and oxygen atoms in total. The van der Waals surface area contributed by atoms with Gasteiger partial charge in [0.05, 0.1) is 10.7 Å². The molecule has 6 heteroatoms. The minimum Gasteiger partial charge on any atom is -0.384 e. The summed E-state index contributed by atoms with van der Waals surface area (Å²) < 4.78 is 1.78. The van der Waals surface area contributed by atoms with Crippen molar-refractivity contribution in [2.24, 2.45) is 5.73 Å².